The van der Waals surface area contributed by atoms with Gasteiger partial charge in [-0.15, -0.1) is 0 Å². The fourth-order valence-electron chi connectivity index (χ4n) is 3.73. The van der Waals surface area contributed by atoms with Crippen molar-refractivity contribution in [3.8, 4) is 11.5 Å². The molecule has 0 amide bonds. The third-order valence-corrected chi connectivity index (χ3v) is 5.13. The van der Waals surface area contributed by atoms with Gasteiger partial charge in [-0.05, 0) is 72.9 Å². The van der Waals surface area contributed by atoms with Crippen LogP contribution in [0, 0.1) is 13.8 Å². The zero-order chi connectivity index (χ0) is 15.1. The number of hydrogen-bond donors (Lipinski definition) is 0. The second kappa shape index (κ2) is 5.35. The van der Waals surface area contributed by atoms with Crippen LogP contribution in [-0.4, -0.2) is 13.2 Å². The number of ether oxygens (including phenoxy) is 2. The molecular weight excluding hydrogens is 272 g/mol. The molecule has 114 valence electrons. The lowest BCUT2D eigenvalue weighted by Crippen LogP contribution is -2.22. The molecule has 0 aromatic heterocycles. The van der Waals surface area contributed by atoms with Crippen LogP contribution in [0.2, 0.25) is 0 Å². The normalized spacial score (nSPS) is 23.0. The summed E-state index contributed by atoms with van der Waals surface area (Å²) in [5, 5.41) is 0. The smallest absolute Gasteiger partial charge is 0.122 e. The lowest BCUT2D eigenvalue weighted by atomic mass is 9.66. The minimum absolute atomic E-state index is 0.577. The molecule has 2 aromatic rings. The fraction of sp³-hybridized carbons (Fsp3) is 0.400. The Morgan fingerprint density at radius 3 is 1.55 bits per heavy atom. The zero-order valence-corrected chi connectivity index (χ0v) is 13.3. The molecule has 2 aromatic carbocycles. The third kappa shape index (κ3) is 2.27. The van der Waals surface area contributed by atoms with E-state index in [2.05, 4.69) is 50.2 Å². The van der Waals surface area contributed by atoms with Gasteiger partial charge in [-0.2, -0.15) is 0 Å². The Labute approximate surface area is 132 Å². The van der Waals surface area contributed by atoms with Crippen molar-refractivity contribution in [2.45, 2.75) is 38.5 Å². The van der Waals surface area contributed by atoms with Crippen molar-refractivity contribution in [1.82, 2.24) is 0 Å². The molecule has 0 N–H and O–H groups in total. The Hall–Kier alpha value is -1.96. The van der Waals surface area contributed by atoms with Gasteiger partial charge in [0.15, 0.2) is 0 Å². The molecule has 4 heterocycles. The molecule has 7 rings (SSSR count). The SMILES string of the molecule is Cc1cc2ccc1OCCOc1ccc(cc1C)[C@@H]1CC[C@H]21. The van der Waals surface area contributed by atoms with Crippen LogP contribution in [0.25, 0.3) is 0 Å². The summed E-state index contributed by atoms with van der Waals surface area (Å²) in [5.74, 6) is 3.24. The lowest BCUT2D eigenvalue weighted by molar-refractivity contribution is 0.215. The first-order chi connectivity index (χ1) is 10.7. The van der Waals surface area contributed by atoms with Crippen LogP contribution in [-0.2, 0) is 0 Å². The summed E-state index contributed by atoms with van der Waals surface area (Å²) in [7, 11) is 0. The molecule has 1 fully saturated rings. The average molecular weight is 294 g/mol. The van der Waals surface area contributed by atoms with Crippen LogP contribution in [0.3, 0.4) is 0 Å². The van der Waals surface area contributed by atoms with Crippen LogP contribution >= 0.6 is 0 Å². The van der Waals surface area contributed by atoms with E-state index in [0.717, 1.165) is 11.5 Å². The van der Waals surface area contributed by atoms with E-state index in [1.165, 1.54) is 35.1 Å². The van der Waals surface area contributed by atoms with Gasteiger partial charge < -0.3 is 9.47 Å². The zero-order valence-electron chi connectivity index (χ0n) is 13.3. The largest absolute Gasteiger partial charge is 0.490 e. The van der Waals surface area contributed by atoms with Crippen molar-refractivity contribution in [3.05, 3.63) is 58.7 Å². The Balaban J connectivity index is 1.76. The van der Waals surface area contributed by atoms with Gasteiger partial charge in [-0.1, -0.05) is 24.3 Å². The minimum atomic E-state index is 0.577. The second-order valence-corrected chi connectivity index (χ2v) is 6.54. The Kier molecular flexibility index (Phi) is 3.33. The highest BCUT2D eigenvalue weighted by molar-refractivity contribution is 5.43. The van der Waals surface area contributed by atoms with Gasteiger partial charge in [-0.25, -0.2) is 0 Å². The molecule has 1 saturated carbocycles. The summed E-state index contributed by atoms with van der Waals surface area (Å²) >= 11 is 0. The highest BCUT2D eigenvalue weighted by atomic mass is 16.5. The van der Waals surface area contributed by atoms with E-state index >= 15 is 0 Å². The molecular formula is C20H22O2. The molecule has 0 unspecified atom stereocenters. The molecule has 4 aliphatic heterocycles. The summed E-state index contributed by atoms with van der Waals surface area (Å²) in [5.41, 5.74) is 5.36. The average Bonchev–Trinajstić information content (AvgIpc) is 2.45. The highest BCUT2D eigenvalue weighted by Crippen LogP contribution is 2.50. The maximum Gasteiger partial charge on any atom is 0.122 e. The van der Waals surface area contributed by atoms with E-state index in [1.54, 1.807) is 0 Å². The number of aryl methyl sites for hydroxylation is 2. The monoisotopic (exact) mass is 294 g/mol. The van der Waals surface area contributed by atoms with Crippen LogP contribution in [0.4, 0.5) is 0 Å². The van der Waals surface area contributed by atoms with Gasteiger partial charge >= 0.3 is 0 Å². The summed E-state index contributed by atoms with van der Waals surface area (Å²) in [4.78, 5) is 0. The molecule has 0 radical (unpaired) electrons. The van der Waals surface area contributed by atoms with Gasteiger partial charge in [0.2, 0.25) is 0 Å². The Morgan fingerprint density at radius 1 is 0.727 bits per heavy atom. The van der Waals surface area contributed by atoms with Gasteiger partial charge in [0, 0.05) is 0 Å². The summed E-state index contributed by atoms with van der Waals surface area (Å²) in [6.45, 7) is 5.43. The molecule has 22 heavy (non-hydrogen) atoms. The third-order valence-electron chi connectivity index (χ3n) is 5.13. The maximum absolute atomic E-state index is 5.87. The van der Waals surface area contributed by atoms with Crippen molar-refractivity contribution in [3.63, 3.8) is 0 Å². The quantitative estimate of drug-likeness (QED) is 0.699. The minimum Gasteiger partial charge on any atom is -0.490 e. The summed E-state index contributed by atoms with van der Waals surface area (Å²) in [6, 6.07) is 13.3. The van der Waals surface area contributed by atoms with Gasteiger partial charge in [0.05, 0.1) is 0 Å². The predicted molar refractivity (Wildman–Crippen MR) is 88.1 cm³/mol. The molecule has 5 aliphatic rings. The fourth-order valence-corrected chi connectivity index (χ4v) is 3.73. The van der Waals surface area contributed by atoms with Crippen LogP contribution < -0.4 is 9.47 Å². The second-order valence-electron chi connectivity index (χ2n) is 6.54. The molecule has 0 saturated heterocycles. The van der Waals surface area contributed by atoms with Crippen molar-refractivity contribution in [1.29, 1.82) is 0 Å². The predicted octanol–water partition coefficient (Wildman–Crippen LogP) is 4.74. The molecule has 1 aliphatic carbocycles. The molecule has 2 atom stereocenters. The Bertz CT molecular complexity index is 643. The van der Waals surface area contributed by atoms with E-state index in [1.807, 2.05) is 0 Å². The van der Waals surface area contributed by atoms with E-state index < -0.39 is 0 Å². The Morgan fingerprint density at radius 2 is 1.18 bits per heavy atom. The first-order valence-electron chi connectivity index (χ1n) is 8.19. The summed E-state index contributed by atoms with van der Waals surface area (Å²) < 4.78 is 11.7. The van der Waals surface area contributed by atoms with E-state index in [-0.39, 0.29) is 0 Å². The van der Waals surface area contributed by atoms with Crippen LogP contribution in [0.15, 0.2) is 36.4 Å². The van der Waals surface area contributed by atoms with Crippen molar-refractivity contribution in [2.75, 3.05) is 13.2 Å². The molecule has 0 spiro atoms. The molecule has 2 nitrogen and oxygen atoms in total. The van der Waals surface area contributed by atoms with Crippen LogP contribution in [0.1, 0.15) is 46.9 Å². The van der Waals surface area contributed by atoms with Gasteiger partial charge in [0.25, 0.3) is 0 Å². The first-order valence-corrected chi connectivity index (χ1v) is 8.19. The van der Waals surface area contributed by atoms with E-state index in [9.17, 15) is 0 Å². The summed E-state index contributed by atoms with van der Waals surface area (Å²) in [6.07, 6.45) is 2.56. The number of benzene rings is 2. The maximum atomic E-state index is 5.87. The van der Waals surface area contributed by atoms with Gasteiger partial charge in [0.1, 0.15) is 24.7 Å². The van der Waals surface area contributed by atoms with E-state index in [0.29, 0.717) is 25.0 Å². The standard InChI is InChI=1S/C20H22O2/c1-13-11-15-3-7-19(13)21-9-10-22-20-8-4-16(12-14(20)2)18-6-5-17(15)18/h3-4,7-8,11-12,17-18H,5-6,9-10H2,1-2H3/t17-,18+. The highest BCUT2D eigenvalue weighted by Gasteiger charge is 2.33. The number of rotatable bonds is 0. The van der Waals surface area contributed by atoms with Crippen molar-refractivity contribution in [2.24, 2.45) is 0 Å². The topological polar surface area (TPSA) is 18.5 Å². The molecule has 4 bridgehead atoms. The van der Waals surface area contributed by atoms with Crippen molar-refractivity contribution < 1.29 is 9.47 Å². The lowest BCUT2D eigenvalue weighted by Gasteiger charge is -2.38. The van der Waals surface area contributed by atoms with Gasteiger partial charge in [-0.3, -0.25) is 0 Å². The molecule has 2 heteroatoms. The van der Waals surface area contributed by atoms with E-state index in [4.69, 9.17) is 9.47 Å². The van der Waals surface area contributed by atoms with Crippen molar-refractivity contribution >= 4 is 0 Å². The number of hydrogen-bond acceptors (Lipinski definition) is 2. The van der Waals surface area contributed by atoms with Crippen LogP contribution in [0.5, 0.6) is 11.5 Å². The first kappa shape index (κ1) is 13.7.